The van der Waals surface area contributed by atoms with Crippen molar-refractivity contribution in [2.24, 2.45) is 11.7 Å². The zero-order valence-corrected chi connectivity index (χ0v) is 17.4. The molecule has 2 aromatic carbocycles. The van der Waals surface area contributed by atoms with Gasteiger partial charge in [0.15, 0.2) is 5.60 Å². The SMILES string of the molecule is C[C@H]1CN(Cc2ccccc2)CC[C@]1(C)c1cccc(OC(C)(C)C(N)=O)c1. The number of ether oxygens (including phenoxy) is 1. The maximum absolute atomic E-state index is 11.6. The zero-order chi connectivity index (χ0) is 20.4. The van der Waals surface area contributed by atoms with E-state index in [1.807, 2.05) is 12.1 Å². The zero-order valence-electron chi connectivity index (χ0n) is 17.4. The Hall–Kier alpha value is -2.33. The molecule has 0 bridgehead atoms. The van der Waals surface area contributed by atoms with Crippen LogP contribution in [0, 0.1) is 5.92 Å². The summed E-state index contributed by atoms with van der Waals surface area (Å²) in [5.41, 5.74) is 7.13. The van der Waals surface area contributed by atoms with Gasteiger partial charge in [0, 0.05) is 13.1 Å². The van der Waals surface area contributed by atoms with Gasteiger partial charge >= 0.3 is 0 Å². The molecule has 4 heteroatoms. The molecule has 4 nitrogen and oxygen atoms in total. The Bertz CT molecular complexity index is 818. The predicted molar refractivity (Wildman–Crippen MR) is 113 cm³/mol. The lowest BCUT2D eigenvalue weighted by molar-refractivity contribution is -0.130. The summed E-state index contributed by atoms with van der Waals surface area (Å²) < 4.78 is 5.89. The fraction of sp³-hybridized carbons (Fsp3) is 0.458. The third kappa shape index (κ3) is 4.39. The first-order valence-corrected chi connectivity index (χ1v) is 10.1. The van der Waals surface area contributed by atoms with E-state index in [4.69, 9.17) is 10.5 Å². The van der Waals surface area contributed by atoms with Crippen molar-refractivity contribution in [1.29, 1.82) is 0 Å². The first-order chi connectivity index (χ1) is 13.2. The van der Waals surface area contributed by atoms with Crippen LogP contribution in [-0.4, -0.2) is 29.5 Å². The van der Waals surface area contributed by atoms with Crippen molar-refractivity contribution in [3.05, 3.63) is 65.7 Å². The summed E-state index contributed by atoms with van der Waals surface area (Å²) in [6.45, 7) is 11.2. The summed E-state index contributed by atoms with van der Waals surface area (Å²) >= 11 is 0. The Labute approximate surface area is 168 Å². The molecule has 150 valence electrons. The number of carbonyl (C=O) groups is 1. The minimum Gasteiger partial charge on any atom is -0.478 e. The van der Waals surface area contributed by atoms with Crippen molar-refractivity contribution in [2.45, 2.75) is 51.7 Å². The highest BCUT2D eigenvalue weighted by Gasteiger charge is 2.38. The molecule has 1 heterocycles. The van der Waals surface area contributed by atoms with E-state index in [1.54, 1.807) is 13.8 Å². The smallest absolute Gasteiger partial charge is 0.261 e. The standard InChI is InChI=1S/C24H32N2O2/c1-18-16-26(17-19-9-6-5-7-10-19)14-13-24(18,4)20-11-8-12-21(15-20)28-23(2,3)22(25)27/h5-12,15,18H,13-14,16-17H2,1-4H3,(H2,25,27)/t18-,24-/m0/s1. The summed E-state index contributed by atoms with van der Waals surface area (Å²) in [6, 6.07) is 18.8. The third-order valence-corrected chi connectivity index (χ3v) is 6.28. The second kappa shape index (κ2) is 7.96. The van der Waals surface area contributed by atoms with E-state index < -0.39 is 11.5 Å². The van der Waals surface area contributed by atoms with Gasteiger partial charge in [0.2, 0.25) is 0 Å². The highest BCUT2D eigenvalue weighted by molar-refractivity contribution is 5.82. The molecule has 1 fully saturated rings. The second-order valence-corrected chi connectivity index (χ2v) is 8.79. The first-order valence-electron chi connectivity index (χ1n) is 10.1. The summed E-state index contributed by atoms with van der Waals surface area (Å²) in [6.07, 6.45) is 1.09. The molecule has 1 aliphatic heterocycles. The Kier molecular flexibility index (Phi) is 5.80. The van der Waals surface area contributed by atoms with Crippen LogP contribution in [0.1, 0.15) is 45.2 Å². The van der Waals surface area contributed by atoms with Crippen LogP contribution >= 0.6 is 0 Å². The lowest BCUT2D eigenvalue weighted by Crippen LogP contribution is -2.47. The highest BCUT2D eigenvalue weighted by atomic mass is 16.5. The van der Waals surface area contributed by atoms with Crippen LogP contribution in [0.25, 0.3) is 0 Å². The number of hydrogen-bond acceptors (Lipinski definition) is 3. The Balaban J connectivity index is 1.73. The van der Waals surface area contributed by atoms with Crippen LogP contribution in [0.5, 0.6) is 5.75 Å². The lowest BCUT2D eigenvalue weighted by atomic mass is 9.68. The van der Waals surface area contributed by atoms with Gasteiger partial charge in [0.25, 0.3) is 5.91 Å². The van der Waals surface area contributed by atoms with Crippen LogP contribution < -0.4 is 10.5 Å². The summed E-state index contributed by atoms with van der Waals surface area (Å²) in [5.74, 6) is 0.734. The Morgan fingerprint density at radius 2 is 1.93 bits per heavy atom. The Morgan fingerprint density at radius 1 is 1.21 bits per heavy atom. The van der Waals surface area contributed by atoms with Crippen molar-refractivity contribution in [1.82, 2.24) is 4.90 Å². The van der Waals surface area contributed by atoms with Crippen molar-refractivity contribution >= 4 is 5.91 Å². The van der Waals surface area contributed by atoms with Gasteiger partial charge in [-0.3, -0.25) is 9.69 Å². The number of amides is 1. The molecule has 0 radical (unpaired) electrons. The molecule has 0 unspecified atom stereocenters. The quantitative estimate of drug-likeness (QED) is 0.820. The van der Waals surface area contributed by atoms with Crippen molar-refractivity contribution < 1.29 is 9.53 Å². The molecular formula is C24H32N2O2. The topological polar surface area (TPSA) is 55.6 Å². The molecule has 1 amide bonds. The Morgan fingerprint density at radius 3 is 2.57 bits per heavy atom. The maximum atomic E-state index is 11.6. The first kappa shape index (κ1) is 20.4. The van der Waals surface area contributed by atoms with Crippen molar-refractivity contribution in [3.63, 3.8) is 0 Å². The van der Waals surface area contributed by atoms with Gasteiger partial charge in [0.1, 0.15) is 5.75 Å². The second-order valence-electron chi connectivity index (χ2n) is 8.79. The number of primary amides is 1. The molecule has 1 saturated heterocycles. The average Bonchev–Trinajstić information content (AvgIpc) is 2.65. The molecule has 28 heavy (non-hydrogen) atoms. The van der Waals surface area contributed by atoms with E-state index in [0.29, 0.717) is 11.7 Å². The van der Waals surface area contributed by atoms with Gasteiger partial charge in [-0.05, 0) is 61.4 Å². The van der Waals surface area contributed by atoms with E-state index >= 15 is 0 Å². The van der Waals surface area contributed by atoms with Gasteiger partial charge in [-0.2, -0.15) is 0 Å². The molecule has 2 atom stereocenters. The normalized spacial score (nSPS) is 23.4. The summed E-state index contributed by atoms with van der Waals surface area (Å²) in [7, 11) is 0. The minimum absolute atomic E-state index is 0.0728. The van der Waals surface area contributed by atoms with Gasteiger partial charge in [-0.1, -0.05) is 56.3 Å². The van der Waals surface area contributed by atoms with Crippen LogP contribution in [0.3, 0.4) is 0 Å². The minimum atomic E-state index is -1.02. The van der Waals surface area contributed by atoms with Crippen molar-refractivity contribution in [3.8, 4) is 5.75 Å². The molecule has 0 aliphatic carbocycles. The highest BCUT2D eigenvalue weighted by Crippen LogP contribution is 2.41. The molecule has 0 aromatic heterocycles. The van der Waals surface area contributed by atoms with E-state index in [1.165, 1.54) is 11.1 Å². The van der Waals surface area contributed by atoms with E-state index in [-0.39, 0.29) is 5.41 Å². The molecule has 0 saturated carbocycles. The largest absolute Gasteiger partial charge is 0.478 e. The number of hydrogen-bond donors (Lipinski definition) is 1. The number of carbonyl (C=O) groups excluding carboxylic acids is 1. The lowest BCUT2D eigenvalue weighted by Gasteiger charge is -2.45. The van der Waals surface area contributed by atoms with Crippen LogP contribution in [0.2, 0.25) is 0 Å². The van der Waals surface area contributed by atoms with Gasteiger partial charge in [-0.25, -0.2) is 0 Å². The monoisotopic (exact) mass is 380 g/mol. The number of rotatable bonds is 6. The number of benzene rings is 2. The van der Waals surface area contributed by atoms with Gasteiger partial charge in [-0.15, -0.1) is 0 Å². The van der Waals surface area contributed by atoms with E-state index in [2.05, 4.69) is 61.2 Å². The summed E-state index contributed by atoms with van der Waals surface area (Å²) in [4.78, 5) is 14.1. The molecule has 3 rings (SSSR count). The van der Waals surface area contributed by atoms with E-state index in [0.717, 1.165) is 26.1 Å². The maximum Gasteiger partial charge on any atom is 0.261 e. The molecule has 2 N–H and O–H groups in total. The number of nitrogens with zero attached hydrogens (tertiary/aromatic N) is 1. The fourth-order valence-corrected chi connectivity index (χ4v) is 3.99. The van der Waals surface area contributed by atoms with Crippen LogP contribution in [0.15, 0.2) is 54.6 Å². The number of piperidine rings is 1. The number of likely N-dealkylation sites (tertiary alicyclic amines) is 1. The van der Waals surface area contributed by atoms with Crippen molar-refractivity contribution in [2.75, 3.05) is 13.1 Å². The third-order valence-electron chi connectivity index (χ3n) is 6.28. The van der Waals surface area contributed by atoms with E-state index in [9.17, 15) is 4.79 Å². The number of nitrogens with two attached hydrogens (primary N) is 1. The fourth-order valence-electron chi connectivity index (χ4n) is 3.99. The molecular weight excluding hydrogens is 348 g/mol. The predicted octanol–water partition coefficient (Wildman–Crippen LogP) is 4.13. The summed E-state index contributed by atoms with van der Waals surface area (Å²) in [5, 5.41) is 0. The molecule has 1 aliphatic rings. The average molecular weight is 381 g/mol. The molecule has 0 spiro atoms. The van der Waals surface area contributed by atoms with Crippen LogP contribution in [0.4, 0.5) is 0 Å². The molecule has 2 aromatic rings. The van der Waals surface area contributed by atoms with Gasteiger partial charge in [0.05, 0.1) is 0 Å². The van der Waals surface area contributed by atoms with Crippen LogP contribution in [-0.2, 0) is 16.8 Å². The van der Waals surface area contributed by atoms with Gasteiger partial charge < -0.3 is 10.5 Å².